The lowest BCUT2D eigenvalue weighted by molar-refractivity contribution is -0.357. The van der Waals surface area contributed by atoms with Crippen molar-refractivity contribution in [2.75, 3.05) is 6.61 Å². The number of benzene rings is 2. The van der Waals surface area contributed by atoms with E-state index in [0.717, 1.165) is 27.7 Å². The average Bonchev–Trinajstić information content (AvgIpc) is 3.04. The minimum Gasteiger partial charge on any atom is -0.465 e. The van der Waals surface area contributed by atoms with E-state index in [-0.39, 0.29) is 17.5 Å². The van der Waals surface area contributed by atoms with Gasteiger partial charge in [0.25, 0.3) is 0 Å². The largest absolute Gasteiger partial charge is 0.465 e. The molecule has 0 amide bonds. The first-order valence-electron chi connectivity index (χ1n) is 16.7. The Labute approximate surface area is 296 Å². The van der Waals surface area contributed by atoms with Gasteiger partial charge in [-0.2, -0.15) is 0 Å². The topological polar surface area (TPSA) is 178 Å². The van der Waals surface area contributed by atoms with Crippen molar-refractivity contribution in [1.82, 2.24) is 0 Å². The molecule has 13 nitrogen and oxygen atoms in total. The van der Waals surface area contributed by atoms with Crippen LogP contribution in [0.3, 0.4) is 0 Å². The summed E-state index contributed by atoms with van der Waals surface area (Å²) in [4.78, 5) is 79.2. The van der Waals surface area contributed by atoms with Crippen molar-refractivity contribution in [3.63, 3.8) is 0 Å². The molecule has 0 spiro atoms. The van der Waals surface area contributed by atoms with Gasteiger partial charge in [0.15, 0.2) is 12.2 Å². The number of rotatable bonds is 9. The Bertz CT molecular complexity index is 1620. The molecule has 0 bridgehead atoms. The van der Waals surface area contributed by atoms with Crippen LogP contribution in [0.5, 0.6) is 0 Å². The molecular formula is C38H46O13. The van der Waals surface area contributed by atoms with Crippen molar-refractivity contribution in [2.45, 2.75) is 97.9 Å². The van der Waals surface area contributed by atoms with Crippen LogP contribution in [0.15, 0.2) is 60.7 Å². The summed E-state index contributed by atoms with van der Waals surface area (Å²) in [5.41, 5.74) is -5.42. The fourth-order valence-corrected chi connectivity index (χ4v) is 7.84. The summed E-state index contributed by atoms with van der Waals surface area (Å²) in [6.45, 7) is 10.6. The number of carbonyl (C=O) groups excluding carboxylic acids is 6. The van der Waals surface area contributed by atoms with Crippen molar-refractivity contribution in [3.05, 3.63) is 71.8 Å². The van der Waals surface area contributed by atoms with Crippen LogP contribution < -0.4 is 0 Å². The van der Waals surface area contributed by atoms with Gasteiger partial charge in [-0.25, -0.2) is 9.59 Å². The van der Waals surface area contributed by atoms with E-state index >= 15 is 0 Å². The summed E-state index contributed by atoms with van der Waals surface area (Å²) < 4.78 is 35.9. The maximum Gasteiger partial charge on any atom is 0.338 e. The maximum absolute atomic E-state index is 14.1. The summed E-state index contributed by atoms with van der Waals surface area (Å²) in [6, 6.07) is 15.8. The Morgan fingerprint density at radius 1 is 0.667 bits per heavy atom. The monoisotopic (exact) mass is 710 g/mol. The molecule has 4 rings (SSSR count). The Morgan fingerprint density at radius 3 is 1.59 bits per heavy atom. The number of fused-ring (bicyclic) bond motifs is 1. The lowest BCUT2D eigenvalue weighted by Gasteiger charge is -2.67. The minimum atomic E-state index is -2.36. The quantitative estimate of drug-likeness (QED) is 0.289. The van der Waals surface area contributed by atoms with E-state index in [4.69, 9.17) is 28.4 Å². The molecule has 2 saturated carbocycles. The van der Waals surface area contributed by atoms with Gasteiger partial charge in [0, 0.05) is 33.6 Å². The molecule has 0 radical (unpaired) electrons. The van der Waals surface area contributed by atoms with E-state index in [2.05, 4.69) is 0 Å². The Morgan fingerprint density at radius 2 is 1.14 bits per heavy atom. The summed E-state index contributed by atoms with van der Waals surface area (Å²) in [5.74, 6) is -7.15. The van der Waals surface area contributed by atoms with Crippen molar-refractivity contribution in [3.8, 4) is 0 Å². The third-order valence-electron chi connectivity index (χ3n) is 9.76. The molecule has 51 heavy (non-hydrogen) atoms. The maximum atomic E-state index is 14.1. The lowest BCUT2D eigenvalue weighted by Crippen LogP contribution is -2.84. The van der Waals surface area contributed by atoms with Gasteiger partial charge in [0.1, 0.15) is 35.9 Å². The van der Waals surface area contributed by atoms with Gasteiger partial charge in [-0.05, 0) is 42.0 Å². The SMILES string of the molecule is CC(=O)OC[C@]12[C@@H](OC(=O)c3ccccc3)[C@@H](OC(=O)c3ccccc3)[C@@H](C(C)(C)C)[C@@H](OC(C)=O)[C@]1(O)[C@H](C)C[C@H](OC(C)=O)[C@@H]2OC(C)=O. The van der Waals surface area contributed by atoms with Gasteiger partial charge in [-0.15, -0.1) is 0 Å². The van der Waals surface area contributed by atoms with Gasteiger partial charge in [-0.1, -0.05) is 64.1 Å². The van der Waals surface area contributed by atoms with Crippen molar-refractivity contribution in [1.29, 1.82) is 0 Å². The lowest BCUT2D eigenvalue weighted by atomic mass is 9.44. The van der Waals surface area contributed by atoms with E-state index in [1.807, 2.05) is 0 Å². The summed E-state index contributed by atoms with van der Waals surface area (Å²) in [6.07, 6.45) is -8.04. The van der Waals surface area contributed by atoms with Gasteiger partial charge >= 0.3 is 35.8 Å². The van der Waals surface area contributed by atoms with Crippen LogP contribution in [-0.4, -0.2) is 83.7 Å². The normalized spacial score (nSPS) is 30.1. The third-order valence-corrected chi connectivity index (χ3v) is 9.76. The van der Waals surface area contributed by atoms with Crippen molar-refractivity contribution >= 4 is 35.8 Å². The van der Waals surface area contributed by atoms with Crippen LogP contribution in [0.4, 0.5) is 0 Å². The number of esters is 6. The summed E-state index contributed by atoms with van der Waals surface area (Å²) >= 11 is 0. The predicted molar refractivity (Wildman–Crippen MR) is 179 cm³/mol. The second-order valence-electron chi connectivity index (χ2n) is 14.3. The van der Waals surface area contributed by atoms with E-state index in [1.54, 1.807) is 64.1 Å². The number of carbonyl (C=O) groups is 6. The van der Waals surface area contributed by atoms with Gasteiger partial charge < -0.3 is 33.5 Å². The minimum absolute atomic E-state index is 0.0793. The molecule has 2 fully saturated rings. The smallest absolute Gasteiger partial charge is 0.338 e. The predicted octanol–water partition coefficient (Wildman–Crippen LogP) is 4.23. The number of ether oxygens (including phenoxy) is 6. The molecule has 1 N–H and O–H groups in total. The van der Waals surface area contributed by atoms with E-state index in [0.29, 0.717) is 0 Å². The van der Waals surface area contributed by atoms with Crippen LogP contribution in [0.1, 0.15) is 82.5 Å². The number of hydrogen-bond donors (Lipinski definition) is 1. The van der Waals surface area contributed by atoms with E-state index in [1.165, 1.54) is 24.3 Å². The zero-order valence-corrected chi connectivity index (χ0v) is 30.1. The molecule has 2 aliphatic rings. The van der Waals surface area contributed by atoms with Crippen LogP contribution in [0, 0.1) is 22.7 Å². The molecule has 276 valence electrons. The van der Waals surface area contributed by atoms with Gasteiger partial charge in [0.05, 0.1) is 11.1 Å². The fourth-order valence-electron chi connectivity index (χ4n) is 7.84. The molecular weight excluding hydrogens is 664 g/mol. The highest BCUT2D eigenvalue weighted by Crippen LogP contribution is 2.63. The second-order valence-corrected chi connectivity index (χ2v) is 14.3. The second kappa shape index (κ2) is 15.2. The van der Waals surface area contributed by atoms with E-state index in [9.17, 15) is 33.9 Å². The Hall–Kier alpha value is -4.78. The fraction of sp³-hybridized carbons (Fsp3) is 0.526. The van der Waals surface area contributed by atoms with Crippen molar-refractivity contribution in [2.24, 2.45) is 22.7 Å². The average molecular weight is 711 g/mol. The Balaban J connectivity index is 2.16. The molecule has 2 aromatic rings. The molecule has 2 aliphatic carbocycles. The van der Waals surface area contributed by atoms with Gasteiger partial charge in [-0.3, -0.25) is 19.2 Å². The zero-order valence-electron chi connectivity index (χ0n) is 30.1. The first-order valence-corrected chi connectivity index (χ1v) is 16.7. The molecule has 0 unspecified atom stereocenters. The molecule has 13 heteroatoms. The van der Waals surface area contributed by atoms with Crippen LogP contribution >= 0.6 is 0 Å². The summed E-state index contributed by atoms with van der Waals surface area (Å²) in [5, 5.41) is 13.5. The van der Waals surface area contributed by atoms with Crippen LogP contribution in [0.2, 0.25) is 0 Å². The van der Waals surface area contributed by atoms with Gasteiger partial charge in [0.2, 0.25) is 0 Å². The molecule has 0 aliphatic heterocycles. The highest BCUT2D eigenvalue weighted by Gasteiger charge is 2.80. The zero-order chi connectivity index (χ0) is 37.9. The summed E-state index contributed by atoms with van der Waals surface area (Å²) in [7, 11) is 0. The molecule has 0 heterocycles. The van der Waals surface area contributed by atoms with E-state index < -0.39 is 101 Å². The Kier molecular flexibility index (Phi) is 11.6. The van der Waals surface area contributed by atoms with Crippen molar-refractivity contribution < 1.29 is 62.3 Å². The highest BCUT2D eigenvalue weighted by molar-refractivity contribution is 5.90. The molecule has 0 aromatic heterocycles. The molecule has 9 atom stereocenters. The van der Waals surface area contributed by atoms with Crippen LogP contribution in [0.25, 0.3) is 0 Å². The number of hydrogen-bond acceptors (Lipinski definition) is 13. The number of aliphatic hydroxyl groups is 1. The standard InChI is InChI=1S/C38H46O13/c1-21-19-28(47-23(3)40)31(48-24(4)41)37(20-46-22(2)39)33(51-35(44)27-17-13-10-14-18-27)30(50-34(43)26-15-11-9-12-16-26)29(36(6,7)8)32(38(21,37)45)49-25(5)42/h9-18,21,28-33,45H,19-20H2,1-8H3/t21-,28+,29-,30+,31+,32-,33+,37+,38-/m1/s1. The third kappa shape index (κ3) is 7.78. The molecule has 0 saturated heterocycles. The highest BCUT2D eigenvalue weighted by atomic mass is 16.6. The van der Waals surface area contributed by atoms with Crippen LogP contribution in [-0.2, 0) is 47.6 Å². The molecule has 2 aromatic carbocycles. The first kappa shape index (κ1) is 39.0. The first-order chi connectivity index (χ1) is 23.8.